The monoisotopic (exact) mass is 541 g/mol. The highest BCUT2D eigenvalue weighted by molar-refractivity contribution is 7.91. The second kappa shape index (κ2) is 10.4. The van der Waals surface area contributed by atoms with E-state index in [0.717, 1.165) is 0 Å². The summed E-state index contributed by atoms with van der Waals surface area (Å²) in [6, 6.07) is 13.5. The van der Waals surface area contributed by atoms with Crippen LogP contribution in [0.5, 0.6) is 5.75 Å². The first-order valence-electron chi connectivity index (χ1n) is 11.9. The van der Waals surface area contributed by atoms with Crippen molar-refractivity contribution < 1.29 is 27.5 Å². The van der Waals surface area contributed by atoms with Gasteiger partial charge in [-0.15, -0.1) is 10.2 Å². The SMILES string of the molecule is CC(C)(C)S(=O)(=O)NC(=O)c1ccc(N2CCN(C(=O)c3ccc(-c4cccc(O)c4)c(F)c3)CC2)nn1. The fourth-order valence-corrected chi connectivity index (χ4v) is 4.47. The summed E-state index contributed by atoms with van der Waals surface area (Å²) in [4.78, 5) is 28.8. The van der Waals surface area contributed by atoms with Gasteiger partial charge in [-0.05, 0) is 62.7 Å². The van der Waals surface area contributed by atoms with Crippen molar-refractivity contribution in [2.45, 2.75) is 25.5 Å². The molecule has 4 rings (SSSR count). The highest BCUT2D eigenvalue weighted by Crippen LogP contribution is 2.27. The lowest BCUT2D eigenvalue weighted by Crippen LogP contribution is -2.49. The lowest BCUT2D eigenvalue weighted by Gasteiger charge is -2.35. The number of carbonyl (C=O) groups is 2. The molecule has 2 amide bonds. The molecule has 0 unspecified atom stereocenters. The minimum Gasteiger partial charge on any atom is -0.508 e. The van der Waals surface area contributed by atoms with Crippen molar-refractivity contribution in [1.82, 2.24) is 19.8 Å². The first kappa shape index (κ1) is 27.0. The van der Waals surface area contributed by atoms with Crippen LogP contribution in [0.25, 0.3) is 11.1 Å². The molecule has 200 valence electrons. The number of rotatable bonds is 5. The Morgan fingerprint density at radius 2 is 1.68 bits per heavy atom. The van der Waals surface area contributed by atoms with Crippen molar-refractivity contribution >= 4 is 27.7 Å². The molecule has 38 heavy (non-hydrogen) atoms. The lowest BCUT2D eigenvalue weighted by atomic mass is 10.0. The number of aromatic nitrogens is 2. The fraction of sp³-hybridized carbons (Fsp3) is 0.308. The van der Waals surface area contributed by atoms with Crippen molar-refractivity contribution in [2.75, 3.05) is 31.1 Å². The second-order valence-corrected chi connectivity index (χ2v) is 12.3. The van der Waals surface area contributed by atoms with Gasteiger partial charge in [0.25, 0.3) is 11.8 Å². The molecule has 0 spiro atoms. The third-order valence-corrected chi connectivity index (χ3v) is 8.25. The van der Waals surface area contributed by atoms with Crippen molar-refractivity contribution in [2.24, 2.45) is 0 Å². The Bertz CT molecular complexity index is 1460. The van der Waals surface area contributed by atoms with Crippen LogP contribution < -0.4 is 9.62 Å². The molecule has 0 radical (unpaired) electrons. The normalized spacial score (nSPS) is 14.3. The smallest absolute Gasteiger partial charge is 0.285 e. The molecular formula is C26H28FN5O5S. The summed E-state index contributed by atoms with van der Waals surface area (Å²) in [5.74, 6) is -1.22. The molecule has 1 aliphatic rings. The summed E-state index contributed by atoms with van der Waals surface area (Å²) in [6.45, 7) is 6.03. The molecule has 2 heterocycles. The Morgan fingerprint density at radius 3 is 2.26 bits per heavy atom. The molecule has 3 aromatic rings. The zero-order valence-corrected chi connectivity index (χ0v) is 22.0. The first-order chi connectivity index (χ1) is 17.9. The number of halogens is 1. The van der Waals surface area contributed by atoms with Crippen LogP contribution in [0.1, 0.15) is 41.6 Å². The van der Waals surface area contributed by atoms with Gasteiger partial charge in [-0.3, -0.25) is 9.59 Å². The molecule has 1 aliphatic heterocycles. The van der Waals surface area contributed by atoms with Crippen LogP contribution in [0.2, 0.25) is 0 Å². The molecule has 2 aromatic carbocycles. The third kappa shape index (κ3) is 5.75. The van der Waals surface area contributed by atoms with Gasteiger partial charge in [-0.1, -0.05) is 18.2 Å². The van der Waals surface area contributed by atoms with E-state index in [1.807, 2.05) is 9.62 Å². The van der Waals surface area contributed by atoms with Gasteiger partial charge < -0.3 is 14.9 Å². The van der Waals surface area contributed by atoms with Gasteiger partial charge in [0, 0.05) is 37.3 Å². The zero-order chi connectivity index (χ0) is 27.7. The molecular weight excluding hydrogens is 513 g/mol. The second-order valence-electron chi connectivity index (χ2n) is 9.85. The molecule has 10 nitrogen and oxygen atoms in total. The van der Waals surface area contributed by atoms with Crippen LogP contribution in [0, 0.1) is 5.82 Å². The number of hydrogen-bond donors (Lipinski definition) is 2. The summed E-state index contributed by atoms with van der Waals surface area (Å²) < 4.78 is 40.0. The van der Waals surface area contributed by atoms with Gasteiger partial charge in [0.1, 0.15) is 11.6 Å². The topological polar surface area (TPSA) is 133 Å². The molecule has 2 N–H and O–H groups in total. The predicted molar refractivity (Wildman–Crippen MR) is 140 cm³/mol. The Kier molecular flexibility index (Phi) is 7.36. The van der Waals surface area contributed by atoms with Crippen LogP contribution in [0.15, 0.2) is 54.6 Å². The molecule has 12 heteroatoms. The summed E-state index contributed by atoms with van der Waals surface area (Å²) in [5.41, 5.74) is 0.885. The average molecular weight is 542 g/mol. The Labute approximate surface area is 220 Å². The van der Waals surface area contributed by atoms with Crippen LogP contribution >= 0.6 is 0 Å². The molecule has 1 aromatic heterocycles. The maximum Gasteiger partial charge on any atom is 0.285 e. The van der Waals surface area contributed by atoms with Crippen LogP contribution in [-0.2, 0) is 10.0 Å². The highest BCUT2D eigenvalue weighted by atomic mass is 32.2. The number of nitrogens with zero attached hydrogens (tertiary/aromatic N) is 4. The van der Waals surface area contributed by atoms with E-state index < -0.39 is 26.5 Å². The number of carbonyl (C=O) groups excluding carboxylic acids is 2. The van der Waals surface area contributed by atoms with E-state index in [1.165, 1.54) is 51.1 Å². The van der Waals surface area contributed by atoms with Crippen molar-refractivity contribution in [3.05, 3.63) is 71.7 Å². The van der Waals surface area contributed by atoms with Gasteiger partial charge in [0.2, 0.25) is 10.0 Å². The fourth-order valence-electron chi connectivity index (χ4n) is 3.82. The van der Waals surface area contributed by atoms with E-state index in [0.29, 0.717) is 37.6 Å². The van der Waals surface area contributed by atoms with Crippen LogP contribution in [0.4, 0.5) is 10.2 Å². The Morgan fingerprint density at radius 1 is 0.974 bits per heavy atom. The summed E-state index contributed by atoms with van der Waals surface area (Å²) >= 11 is 0. The van der Waals surface area contributed by atoms with E-state index in [1.54, 1.807) is 29.2 Å². The number of phenols is 1. The van der Waals surface area contributed by atoms with E-state index >= 15 is 0 Å². The largest absolute Gasteiger partial charge is 0.508 e. The van der Waals surface area contributed by atoms with Gasteiger partial charge >= 0.3 is 0 Å². The van der Waals surface area contributed by atoms with Gasteiger partial charge in [-0.2, -0.15) is 0 Å². The number of nitrogens with one attached hydrogen (secondary N) is 1. The zero-order valence-electron chi connectivity index (χ0n) is 21.2. The Balaban J connectivity index is 1.37. The molecule has 0 aliphatic carbocycles. The number of anilines is 1. The van der Waals surface area contributed by atoms with E-state index in [-0.39, 0.29) is 28.5 Å². The summed E-state index contributed by atoms with van der Waals surface area (Å²) in [7, 11) is -3.88. The predicted octanol–water partition coefficient (Wildman–Crippen LogP) is 2.81. The Hall–Kier alpha value is -4.06. The molecule has 0 bridgehead atoms. The van der Waals surface area contributed by atoms with Crippen LogP contribution in [-0.4, -0.2) is 71.4 Å². The first-order valence-corrected chi connectivity index (χ1v) is 13.4. The molecule has 1 fully saturated rings. The maximum absolute atomic E-state index is 14.8. The van der Waals surface area contributed by atoms with Crippen molar-refractivity contribution in [1.29, 1.82) is 0 Å². The number of amides is 2. The molecule has 0 saturated carbocycles. The quantitative estimate of drug-likeness (QED) is 0.504. The lowest BCUT2D eigenvalue weighted by molar-refractivity contribution is 0.0745. The standard InChI is InChI=1S/C26H28FN5O5S/c1-26(2,3)38(36,37)30-24(34)22-9-10-23(29-28-22)31-11-13-32(14-12-31)25(35)18-7-8-20(21(27)16-18)17-5-4-6-19(33)15-17/h4-10,15-16,33H,11-14H2,1-3H3,(H,30,34). The van der Waals surface area contributed by atoms with E-state index in [4.69, 9.17) is 0 Å². The van der Waals surface area contributed by atoms with Crippen molar-refractivity contribution in [3.8, 4) is 16.9 Å². The van der Waals surface area contributed by atoms with Gasteiger partial charge in [-0.25, -0.2) is 17.5 Å². The summed E-state index contributed by atoms with van der Waals surface area (Å²) in [5, 5.41) is 17.6. The van der Waals surface area contributed by atoms with Gasteiger partial charge in [0.05, 0.1) is 4.75 Å². The van der Waals surface area contributed by atoms with Crippen LogP contribution in [0.3, 0.4) is 0 Å². The highest BCUT2D eigenvalue weighted by Gasteiger charge is 2.31. The number of hydrogen-bond acceptors (Lipinski definition) is 8. The number of benzene rings is 2. The molecule has 0 atom stereocenters. The minimum absolute atomic E-state index is 0.0241. The van der Waals surface area contributed by atoms with Crippen molar-refractivity contribution in [3.63, 3.8) is 0 Å². The minimum atomic E-state index is -3.88. The third-order valence-electron chi connectivity index (χ3n) is 6.18. The number of sulfonamides is 1. The maximum atomic E-state index is 14.8. The molecule has 1 saturated heterocycles. The van der Waals surface area contributed by atoms with Gasteiger partial charge in [0.15, 0.2) is 11.5 Å². The average Bonchev–Trinajstić information content (AvgIpc) is 2.87. The number of piperazine rings is 1. The van der Waals surface area contributed by atoms with E-state index in [9.17, 15) is 27.5 Å². The number of phenolic OH excluding ortho intramolecular Hbond substituents is 1. The van der Waals surface area contributed by atoms with E-state index in [2.05, 4.69) is 10.2 Å². The number of aromatic hydroxyl groups is 1. The summed E-state index contributed by atoms with van der Waals surface area (Å²) in [6.07, 6.45) is 0.